The highest BCUT2D eigenvalue weighted by Crippen LogP contribution is 2.22. The van der Waals surface area contributed by atoms with E-state index >= 15 is 0 Å². The number of piperidine rings is 1. The molecule has 0 spiro atoms. The highest BCUT2D eigenvalue weighted by Gasteiger charge is 2.20. The van der Waals surface area contributed by atoms with E-state index in [0.717, 1.165) is 44.5 Å². The molecule has 0 unspecified atom stereocenters. The molecule has 1 saturated heterocycles. The molecule has 1 aliphatic heterocycles. The Morgan fingerprint density at radius 3 is 2.45 bits per heavy atom. The fraction of sp³-hybridized carbons (Fsp3) is 0.333. The number of carbonyl (C=O) groups is 1. The third kappa shape index (κ3) is 8.05. The molecule has 0 aliphatic carbocycles. The molecule has 2 heterocycles. The van der Waals surface area contributed by atoms with Crippen molar-refractivity contribution < 1.29 is 4.79 Å². The summed E-state index contributed by atoms with van der Waals surface area (Å²) in [5, 5.41) is 6.77. The Labute approximate surface area is 232 Å². The van der Waals surface area contributed by atoms with E-state index in [1.807, 2.05) is 18.2 Å². The number of nitrogens with one attached hydrogen (secondary N) is 2. The van der Waals surface area contributed by atoms with E-state index in [1.165, 1.54) is 5.56 Å². The number of rotatable bonds is 9. The molecule has 6 N–H and O–H groups in total. The number of nitrogens with zero attached hydrogens (tertiary/aromatic N) is 4. The number of benzene rings is 2. The molecule has 38 heavy (non-hydrogen) atoms. The SMILES string of the molecule is N/C(=N\C(=O)c1nc(Cl)c(NCc2ccc(Cl)cc2)nc1N)NCC1CCN(CCc2ccccc2)CC1. The molecule has 2 aromatic carbocycles. The number of carbonyl (C=O) groups excluding carboxylic acids is 1. The number of anilines is 2. The van der Waals surface area contributed by atoms with E-state index in [0.29, 0.717) is 24.0 Å². The molecule has 3 aromatic rings. The minimum absolute atomic E-state index is 0.0114. The van der Waals surface area contributed by atoms with Crippen LogP contribution in [-0.2, 0) is 13.0 Å². The van der Waals surface area contributed by atoms with Crippen molar-refractivity contribution in [2.45, 2.75) is 25.8 Å². The predicted octanol–water partition coefficient (Wildman–Crippen LogP) is 3.98. The average molecular weight is 556 g/mol. The maximum atomic E-state index is 12.6. The first-order valence-corrected chi connectivity index (χ1v) is 13.3. The number of guanidine groups is 1. The number of aliphatic imine (C=N–C) groups is 1. The number of nitrogens with two attached hydrogens (primary N) is 2. The fourth-order valence-electron chi connectivity index (χ4n) is 4.28. The molecule has 200 valence electrons. The van der Waals surface area contributed by atoms with Crippen molar-refractivity contribution in [1.82, 2.24) is 20.2 Å². The summed E-state index contributed by atoms with van der Waals surface area (Å²) < 4.78 is 0. The van der Waals surface area contributed by atoms with Crippen molar-refractivity contribution in [2.75, 3.05) is 37.2 Å². The maximum absolute atomic E-state index is 12.6. The quantitative estimate of drug-likeness (QED) is 0.230. The van der Waals surface area contributed by atoms with Gasteiger partial charge < -0.3 is 27.0 Å². The molecule has 0 saturated carbocycles. The van der Waals surface area contributed by atoms with Crippen LogP contribution in [0.3, 0.4) is 0 Å². The third-order valence-electron chi connectivity index (χ3n) is 6.52. The highest BCUT2D eigenvalue weighted by molar-refractivity contribution is 6.32. The number of nitrogen functional groups attached to an aromatic ring is 1. The lowest BCUT2D eigenvalue weighted by atomic mass is 9.96. The number of hydrogen-bond donors (Lipinski definition) is 4. The normalized spacial score (nSPS) is 14.8. The molecule has 9 nitrogen and oxygen atoms in total. The standard InChI is InChI=1S/C27H32Cl2N8O/c28-21-8-6-19(7-9-21)16-32-25-23(29)34-22(24(30)35-25)26(38)36-27(31)33-17-20-11-14-37(15-12-20)13-10-18-4-2-1-3-5-18/h1-9,20H,10-17H2,(H3,30,32,35)(H3,31,33,36,38). The van der Waals surface area contributed by atoms with E-state index < -0.39 is 5.91 Å². The van der Waals surface area contributed by atoms with Crippen molar-refractivity contribution in [3.63, 3.8) is 0 Å². The second kappa shape index (κ2) is 13.4. The zero-order valence-corrected chi connectivity index (χ0v) is 22.5. The van der Waals surface area contributed by atoms with Crippen LogP contribution < -0.4 is 22.1 Å². The fourth-order valence-corrected chi connectivity index (χ4v) is 4.60. The van der Waals surface area contributed by atoms with Gasteiger partial charge in [0, 0.05) is 24.7 Å². The van der Waals surface area contributed by atoms with Gasteiger partial charge in [0.25, 0.3) is 0 Å². The molecule has 4 rings (SSSR count). The molecule has 1 aliphatic rings. The van der Waals surface area contributed by atoms with Gasteiger partial charge in [-0.2, -0.15) is 4.99 Å². The van der Waals surface area contributed by atoms with E-state index in [2.05, 4.69) is 54.8 Å². The van der Waals surface area contributed by atoms with Gasteiger partial charge in [0.15, 0.2) is 28.4 Å². The Morgan fingerprint density at radius 1 is 1.03 bits per heavy atom. The van der Waals surface area contributed by atoms with Gasteiger partial charge in [-0.1, -0.05) is 65.7 Å². The van der Waals surface area contributed by atoms with Crippen molar-refractivity contribution in [3.8, 4) is 0 Å². The van der Waals surface area contributed by atoms with E-state index in [9.17, 15) is 4.79 Å². The van der Waals surface area contributed by atoms with Crippen molar-refractivity contribution in [1.29, 1.82) is 0 Å². The van der Waals surface area contributed by atoms with Crippen LogP contribution in [0.4, 0.5) is 11.6 Å². The van der Waals surface area contributed by atoms with Crippen LogP contribution in [0.25, 0.3) is 0 Å². The highest BCUT2D eigenvalue weighted by atomic mass is 35.5. The average Bonchev–Trinajstić information content (AvgIpc) is 2.93. The second-order valence-electron chi connectivity index (χ2n) is 9.28. The molecule has 1 aromatic heterocycles. The minimum atomic E-state index is -0.707. The van der Waals surface area contributed by atoms with Crippen LogP contribution in [-0.4, -0.2) is 52.9 Å². The number of halogens is 2. The summed E-state index contributed by atoms with van der Waals surface area (Å²) in [6, 6.07) is 17.9. The number of amides is 1. The van der Waals surface area contributed by atoms with Gasteiger partial charge >= 0.3 is 5.91 Å². The number of aromatic nitrogens is 2. The largest absolute Gasteiger partial charge is 0.382 e. The number of hydrogen-bond acceptors (Lipinski definition) is 6. The summed E-state index contributed by atoms with van der Waals surface area (Å²) in [4.78, 5) is 27.3. The minimum Gasteiger partial charge on any atom is -0.382 e. The zero-order valence-electron chi connectivity index (χ0n) is 21.0. The van der Waals surface area contributed by atoms with Crippen LogP contribution >= 0.6 is 23.2 Å². The van der Waals surface area contributed by atoms with Gasteiger partial charge in [0.05, 0.1) is 0 Å². The first kappa shape index (κ1) is 27.6. The topological polar surface area (TPSA) is 135 Å². The smallest absolute Gasteiger partial charge is 0.302 e. The van der Waals surface area contributed by atoms with Gasteiger partial charge in [-0.3, -0.25) is 4.79 Å². The lowest BCUT2D eigenvalue weighted by Crippen LogP contribution is -2.41. The van der Waals surface area contributed by atoms with Crippen molar-refractivity contribution in [2.24, 2.45) is 16.6 Å². The van der Waals surface area contributed by atoms with Crippen LogP contribution in [0, 0.1) is 5.92 Å². The third-order valence-corrected chi connectivity index (χ3v) is 7.03. The van der Waals surface area contributed by atoms with Crippen LogP contribution in [0.1, 0.15) is 34.5 Å². The van der Waals surface area contributed by atoms with Gasteiger partial charge in [-0.05, 0) is 61.5 Å². The molecule has 1 fully saturated rings. The first-order valence-electron chi connectivity index (χ1n) is 12.6. The zero-order chi connectivity index (χ0) is 26.9. The molecular weight excluding hydrogens is 523 g/mol. The summed E-state index contributed by atoms with van der Waals surface area (Å²) in [7, 11) is 0. The van der Waals surface area contributed by atoms with Gasteiger partial charge in [-0.25, -0.2) is 9.97 Å². The van der Waals surface area contributed by atoms with Crippen molar-refractivity contribution >= 4 is 46.7 Å². The summed E-state index contributed by atoms with van der Waals surface area (Å²) >= 11 is 12.2. The van der Waals surface area contributed by atoms with Crippen molar-refractivity contribution in [3.05, 3.63) is 81.6 Å². The molecule has 1 amide bonds. The van der Waals surface area contributed by atoms with E-state index in [1.54, 1.807) is 12.1 Å². The Hall–Kier alpha value is -3.40. The summed E-state index contributed by atoms with van der Waals surface area (Å²) in [6.45, 7) is 4.21. The lowest BCUT2D eigenvalue weighted by Gasteiger charge is -2.32. The summed E-state index contributed by atoms with van der Waals surface area (Å²) in [5.74, 6) is -0.0546. The predicted molar refractivity (Wildman–Crippen MR) is 153 cm³/mol. The van der Waals surface area contributed by atoms with Crippen LogP contribution in [0.5, 0.6) is 0 Å². The molecule has 0 bridgehead atoms. The van der Waals surface area contributed by atoms with Crippen LogP contribution in [0.15, 0.2) is 59.6 Å². The molecule has 0 atom stereocenters. The van der Waals surface area contributed by atoms with Crippen LogP contribution in [0.2, 0.25) is 10.2 Å². The molecule has 11 heteroatoms. The summed E-state index contributed by atoms with van der Waals surface area (Å²) in [6.07, 6.45) is 3.17. The Balaban J connectivity index is 1.23. The summed E-state index contributed by atoms with van der Waals surface area (Å²) in [5.41, 5.74) is 14.1. The van der Waals surface area contributed by atoms with Gasteiger partial charge in [0.2, 0.25) is 0 Å². The second-order valence-corrected chi connectivity index (χ2v) is 10.1. The number of likely N-dealkylation sites (tertiary alicyclic amines) is 1. The van der Waals surface area contributed by atoms with E-state index in [4.69, 9.17) is 34.7 Å². The Kier molecular flexibility index (Phi) is 9.75. The maximum Gasteiger partial charge on any atom is 0.302 e. The molecule has 0 radical (unpaired) electrons. The van der Waals surface area contributed by atoms with Gasteiger partial charge in [0.1, 0.15) is 0 Å². The monoisotopic (exact) mass is 554 g/mol. The Bertz CT molecular complexity index is 1250. The molecular formula is C27H32Cl2N8O. The lowest BCUT2D eigenvalue weighted by molar-refractivity contribution is 0.0998. The first-order chi connectivity index (χ1) is 18.4. The van der Waals surface area contributed by atoms with E-state index in [-0.39, 0.29) is 28.4 Å². The Morgan fingerprint density at radius 2 is 1.74 bits per heavy atom. The van der Waals surface area contributed by atoms with Gasteiger partial charge in [-0.15, -0.1) is 0 Å².